The first-order valence-corrected chi connectivity index (χ1v) is 6.84. The molecule has 0 unspecified atom stereocenters. The van der Waals surface area contributed by atoms with Gasteiger partial charge >= 0.3 is 0 Å². The molecule has 0 aliphatic rings. The molecule has 0 amide bonds. The molecule has 0 aromatic heterocycles. The maximum Gasteiger partial charge on any atom is 0.193 e. The second-order valence-corrected chi connectivity index (χ2v) is 5.58. The summed E-state index contributed by atoms with van der Waals surface area (Å²) in [4.78, 5) is 12.3. The molecule has 92 valence electrons. The van der Waals surface area contributed by atoms with Crippen molar-refractivity contribution in [2.75, 3.05) is 0 Å². The first kappa shape index (κ1) is 13.4. The van der Waals surface area contributed by atoms with Gasteiger partial charge in [0.1, 0.15) is 5.82 Å². The lowest BCUT2D eigenvalue weighted by atomic mass is 9.99. The summed E-state index contributed by atoms with van der Waals surface area (Å²) in [7, 11) is 0. The van der Waals surface area contributed by atoms with Gasteiger partial charge in [-0.25, -0.2) is 4.39 Å². The Hall–Kier alpha value is -1.00. The molecule has 1 nitrogen and oxygen atoms in total. The van der Waals surface area contributed by atoms with E-state index in [9.17, 15) is 9.18 Å². The third kappa shape index (κ3) is 2.54. The molecule has 2 aromatic carbocycles. The van der Waals surface area contributed by atoms with Crippen LogP contribution in [0.15, 0.2) is 45.3 Å². The molecule has 0 N–H and O–H groups in total. The number of ketones is 1. The van der Waals surface area contributed by atoms with Crippen molar-refractivity contribution in [2.45, 2.75) is 6.92 Å². The van der Waals surface area contributed by atoms with Crippen LogP contribution in [0.1, 0.15) is 21.5 Å². The molecule has 4 heteroatoms. The van der Waals surface area contributed by atoms with Gasteiger partial charge in [0.2, 0.25) is 0 Å². The molecule has 0 heterocycles. The molecule has 2 rings (SSSR count). The van der Waals surface area contributed by atoms with Gasteiger partial charge in [-0.15, -0.1) is 0 Å². The number of benzene rings is 2. The maximum absolute atomic E-state index is 13.1. The number of hydrogen-bond donors (Lipinski definition) is 0. The van der Waals surface area contributed by atoms with Crippen LogP contribution in [0, 0.1) is 12.7 Å². The highest BCUT2D eigenvalue weighted by molar-refractivity contribution is 9.10. The van der Waals surface area contributed by atoms with E-state index >= 15 is 0 Å². The minimum absolute atomic E-state index is 0.116. The summed E-state index contributed by atoms with van der Waals surface area (Å²) < 4.78 is 14.3. The van der Waals surface area contributed by atoms with Gasteiger partial charge in [0, 0.05) is 15.6 Å². The predicted molar refractivity (Wildman–Crippen MR) is 76.4 cm³/mol. The van der Waals surface area contributed by atoms with Gasteiger partial charge in [-0.2, -0.15) is 0 Å². The second kappa shape index (κ2) is 5.33. The summed E-state index contributed by atoms with van der Waals surface area (Å²) in [6.45, 7) is 1.87. The molecular weight excluding hydrogens is 363 g/mol. The van der Waals surface area contributed by atoms with Crippen LogP contribution in [0.5, 0.6) is 0 Å². The zero-order valence-electron chi connectivity index (χ0n) is 9.51. The largest absolute Gasteiger partial charge is 0.289 e. The van der Waals surface area contributed by atoms with Crippen LogP contribution < -0.4 is 0 Å². The fraction of sp³-hybridized carbons (Fsp3) is 0.0714. The molecule has 0 saturated heterocycles. The summed E-state index contributed by atoms with van der Waals surface area (Å²) in [6.07, 6.45) is 0. The Bertz CT molecular complexity index is 623. The van der Waals surface area contributed by atoms with E-state index in [1.807, 2.05) is 19.1 Å². The second-order valence-electron chi connectivity index (χ2n) is 3.87. The van der Waals surface area contributed by atoms with Crippen molar-refractivity contribution in [1.82, 2.24) is 0 Å². The van der Waals surface area contributed by atoms with Gasteiger partial charge in [-0.1, -0.05) is 28.1 Å². The highest BCUT2D eigenvalue weighted by atomic mass is 79.9. The van der Waals surface area contributed by atoms with Crippen LogP contribution in [-0.4, -0.2) is 5.78 Å². The molecular formula is C14H9Br2FO. The molecule has 0 bridgehead atoms. The highest BCUT2D eigenvalue weighted by Crippen LogP contribution is 2.24. The lowest BCUT2D eigenvalue weighted by molar-refractivity contribution is 0.103. The first-order chi connectivity index (χ1) is 8.50. The normalized spacial score (nSPS) is 10.4. The smallest absolute Gasteiger partial charge is 0.193 e. The number of hydrogen-bond acceptors (Lipinski definition) is 1. The fourth-order valence-corrected chi connectivity index (χ4v) is 2.39. The molecule has 18 heavy (non-hydrogen) atoms. The van der Waals surface area contributed by atoms with Crippen molar-refractivity contribution in [3.63, 3.8) is 0 Å². The predicted octanol–water partition coefficient (Wildman–Crippen LogP) is 4.89. The average molecular weight is 372 g/mol. The van der Waals surface area contributed by atoms with Gasteiger partial charge < -0.3 is 0 Å². The lowest BCUT2D eigenvalue weighted by Gasteiger charge is -2.07. The van der Waals surface area contributed by atoms with Crippen molar-refractivity contribution < 1.29 is 9.18 Å². The zero-order chi connectivity index (χ0) is 13.3. The molecule has 0 aliphatic carbocycles. The number of rotatable bonds is 2. The van der Waals surface area contributed by atoms with Crippen LogP contribution in [-0.2, 0) is 0 Å². The zero-order valence-corrected chi connectivity index (χ0v) is 12.7. The van der Waals surface area contributed by atoms with E-state index in [0.29, 0.717) is 15.6 Å². The molecule has 0 atom stereocenters. The monoisotopic (exact) mass is 370 g/mol. The number of halogens is 3. The van der Waals surface area contributed by atoms with E-state index in [4.69, 9.17) is 0 Å². The number of carbonyl (C=O) groups excluding carboxylic acids is 1. The third-order valence-electron chi connectivity index (χ3n) is 2.69. The summed E-state index contributed by atoms with van der Waals surface area (Å²) in [5.41, 5.74) is 1.95. The highest BCUT2D eigenvalue weighted by Gasteiger charge is 2.14. The Morgan fingerprint density at radius 1 is 1.11 bits per heavy atom. The maximum atomic E-state index is 13.1. The van der Waals surface area contributed by atoms with Crippen LogP contribution in [0.4, 0.5) is 4.39 Å². The van der Waals surface area contributed by atoms with E-state index < -0.39 is 0 Å². The quantitative estimate of drug-likeness (QED) is 0.687. The van der Waals surface area contributed by atoms with Crippen molar-refractivity contribution >= 4 is 37.6 Å². The Kier molecular flexibility index (Phi) is 3.97. The first-order valence-electron chi connectivity index (χ1n) is 5.25. The summed E-state index contributed by atoms with van der Waals surface area (Å²) in [5, 5.41) is 0. The van der Waals surface area contributed by atoms with E-state index in [0.717, 1.165) is 10.0 Å². The lowest BCUT2D eigenvalue weighted by Crippen LogP contribution is -2.04. The van der Waals surface area contributed by atoms with Crippen LogP contribution in [0.3, 0.4) is 0 Å². The average Bonchev–Trinajstić information content (AvgIpc) is 2.35. The minimum Gasteiger partial charge on any atom is -0.289 e. The van der Waals surface area contributed by atoms with E-state index in [-0.39, 0.29) is 11.6 Å². The van der Waals surface area contributed by atoms with E-state index in [1.165, 1.54) is 18.2 Å². The molecule has 0 saturated carbocycles. The molecule has 0 radical (unpaired) electrons. The summed E-state index contributed by atoms with van der Waals surface area (Å²) in [5.74, 6) is -0.494. The van der Waals surface area contributed by atoms with Crippen molar-refractivity contribution in [1.29, 1.82) is 0 Å². The molecule has 2 aromatic rings. The third-order valence-corrected chi connectivity index (χ3v) is 4.16. The molecule has 0 spiro atoms. The minimum atomic E-state index is -0.377. The van der Waals surface area contributed by atoms with Crippen LogP contribution in [0.2, 0.25) is 0 Å². The molecule has 0 fully saturated rings. The summed E-state index contributed by atoms with van der Waals surface area (Å²) >= 11 is 6.47. The van der Waals surface area contributed by atoms with Crippen LogP contribution in [0.25, 0.3) is 0 Å². The van der Waals surface area contributed by atoms with Gasteiger partial charge in [-0.05, 0) is 52.7 Å². The van der Waals surface area contributed by atoms with Gasteiger partial charge in [-0.3, -0.25) is 4.79 Å². The van der Waals surface area contributed by atoms with Crippen molar-refractivity contribution in [3.05, 3.63) is 67.9 Å². The van der Waals surface area contributed by atoms with E-state index in [2.05, 4.69) is 31.9 Å². The fourth-order valence-electron chi connectivity index (χ4n) is 1.65. The Labute approximate surface area is 121 Å². The van der Waals surface area contributed by atoms with Crippen LogP contribution >= 0.6 is 31.9 Å². The summed E-state index contributed by atoms with van der Waals surface area (Å²) in [6, 6.07) is 9.72. The Balaban J connectivity index is 2.48. The topological polar surface area (TPSA) is 17.1 Å². The van der Waals surface area contributed by atoms with E-state index in [1.54, 1.807) is 6.07 Å². The molecule has 0 aliphatic heterocycles. The van der Waals surface area contributed by atoms with Gasteiger partial charge in [0.05, 0.1) is 4.47 Å². The number of carbonyl (C=O) groups is 1. The standard InChI is InChI=1S/C14H9Br2FO/c1-8-10(3-2-4-11(8)15)14(18)9-5-6-13(17)12(16)7-9/h2-7H,1H3. The van der Waals surface area contributed by atoms with Crippen molar-refractivity contribution in [2.24, 2.45) is 0 Å². The Morgan fingerprint density at radius 3 is 2.50 bits per heavy atom. The SMILES string of the molecule is Cc1c(Br)cccc1C(=O)c1ccc(F)c(Br)c1. The Morgan fingerprint density at radius 2 is 1.83 bits per heavy atom. The van der Waals surface area contributed by atoms with Crippen molar-refractivity contribution in [3.8, 4) is 0 Å². The van der Waals surface area contributed by atoms with Gasteiger partial charge in [0.15, 0.2) is 5.78 Å². The van der Waals surface area contributed by atoms with Gasteiger partial charge in [0.25, 0.3) is 0 Å².